The fraction of sp³-hybridized carbons (Fsp3) is 0.200. The van der Waals surface area contributed by atoms with E-state index in [1.54, 1.807) is 19.1 Å². The molecule has 0 heterocycles. The van der Waals surface area contributed by atoms with Gasteiger partial charge in [0.15, 0.2) is 0 Å². The zero-order valence-corrected chi connectivity index (χ0v) is 8.39. The molecule has 0 amide bonds. The summed E-state index contributed by atoms with van der Waals surface area (Å²) in [5, 5.41) is 20.5. The highest BCUT2D eigenvalue weighted by Gasteiger charge is 2.16. The molecule has 80 valence electrons. The van der Waals surface area contributed by atoms with Crippen LogP contribution in [0, 0.1) is 0 Å². The van der Waals surface area contributed by atoms with Gasteiger partial charge in [0.2, 0.25) is 0 Å². The third kappa shape index (κ3) is 2.07. The van der Waals surface area contributed by atoms with Crippen LogP contribution >= 0.6 is 0 Å². The minimum absolute atomic E-state index is 0.0398. The van der Waals surface area contributed by atoms with Crippen LogP contribution in [0.1, 0.15) is 22.8 Å². The lowest BCUT2D eigenvalue weighted by atomic mass is 10.1. The van der Waals surface area contributed by atoms with Crippen LogP contribution in [0.4, 0.5) is 0 Å². The summed E-state index contributed by atoms with van der Waals surface area (Å²) in [5.74, 6) is -0.889. The number of carbonyl (C=O) groups is 1. The van der Waals surface area contributed by atoms with E-state index >= 15 is 0 Å². The molecular weight excluding hydrogens is 198 g/mol. The summed E-state index contributed by atoms with van der Waals surface area (Å²) in [6.07, 6.45) is 0. The third-order valence-corrected chi connectivity index (χ3v) is 1.99. The highest BCUT2D eigenvalue weighted by Crippen LogP contribution is 2.24. The maximum atomic E-state index is 10.9. The van der Waals surface area contributed by atoms with Crippen LogP contribution < -0.4 is 4.74 Å². The van der Waals surface area contributed by atoms with Crippen molar-refractivity contribution in [3.8, 4) is 5.75 Å². The number of rotatable bonds is 3. The number of carboxylic acids is 1. The first kappa shape index (κ1) is 11.0. The molecule has 5 heteroatoms. The summed E-state index contributed by atoms with van der Waals surface area (Å²) < 4.78 is 4.99. The maximum Gasteiger partial charge on any atom is 0.339 e. The number of carboxylic acid groups (broad SMARTS) is 1. The summed E-state index contributed by atoms with van der Waals surface area (Å²) in [5.41, 5.74) is 0.799. The Morgan fingerprint density at radius 2 is 2.00 bits per heavy atom. The predicted molar refractivity (Wildman–Crippen MR) is 54.0 cm³/mol. The van der Waals surface area contributed by atoms with Crippen LogP contribution in [0.5, 0.6) is 5.75 Å². The Labute approximate surface area is 86.6 Å². The molecule has 5 nitrogen and oxygen atoms in total. The van der Waals surface area contributed by atoms with Gasteiger partial charge in [-0.3, -0.25) is 0 Å². The average molecular weight is 209 g/mol. The van der Waals surface area contributed by atoms with Gasteiger partial charge in [-0.05, 0) is 19.1 Å². The van der Waals surface area contributed by atoms with E-state index in [1.165, 1.54) is 13.2 Å². The second-order valence-electron chi connectivity index (χ2n) is 2.88. The van der Waals surface area contributed by atoms with Gasteiger partial charge >= 0.3 is 5.97 Å². The third-order valence-electron chi connectivity index (χ3n) is 1.99. The normalized spacial score (nSPS) is 11.2. The smallest absolute Gasteiger partial charge is 0.339 e. The molecule has 0 saturated carbocycles. The van der Waals surface area contributed by atoms with Crippen molar-refractivity contribution in [3.63, 3.8) is 0 Å². The Balaban J connectivity index is 3.41. The lowest BCUT2D eigenvalue weighted by Crippen LogP contribution is -2.06. The van der Waals surface area contributed by atoms with Crippen LogP contribution in [0.15, 0.2) is 23.4 Å². The fourth-order valence-electron chi connectivity index (χ4n) is 1.26. The molecule has 1 aromatic carbocycles. The Morgan fingerprint density at radius 3 is 2.47 bits per heavy atom. The van der Waals surface area contributed by atoms with Crippen molar-refractivity contribution in [2.24, 2.45) is 5.16 Å². The lowest BCUT2D eigenvalue weighted by Gasteiger charge is -2.09. The highest BCUT2D eigenvalue weighted by atomic mass is 16.5. The molecule has 2 N–H and O–H groups in total. The van der Waals surface area contributed by atoms with Gasteiger partial charge in [-0.25, -0.2) is 4.79 Å². The number of oxime groups is 1. The summed E-state index contributed by atoms with van der Waals surface area (Å²) in [4.78, 5) is 10.9. The van der Waals surface area contributed by atoms with Gasteiger partial charge in [0.25, 0.3) is 0 Å². The number of hydrogen-bond donors (Lipinski definition) is 2. The van der Waals surface area contributed by atoms with Crippen LogP contribution in [0.2, 0.25) is 0 Å². The average Bonchev–Trinajstić information content (AvgIpc) is 2.26. The molecule has 1 rings (SSSR count). The van der Waals surface area contributed by atoms with Crippen molar-refractivity contribution in [1.82, 2.24) is 0 Å². The molecule has 0 radical (unpaired) electrons. The summed E-state index contributed by atoms with van der Waals surface area (Å²) in [7, 11) is 1.37. The molecule has 0 spiro atoms. The number of methoxy groups -OCH3 is 1. The number of para-hydroxylation sites is 1. The Kier molecular flexibility index (Phi) is 3.28. The van der Waals surface area contributed by atoms with Crippen LogP contribution in [-0.2, 0) is 0 Å². The molecule has 0 aliphatic carbocycles. The minimum Gasteiger partial charge on any atom is -0.495 e. The van der Waals surface area contributed by atoms with Crippen molar-refractivity contribution < 1.29 is 19.8 Å². The van der Waals surface area contributed by atoms with Crippen molar-refractivity contribution >= 4 is 11.7 Å². The SMILES string of the molecule is COc1c(C(=O)O)cccc1C(C)=NO. The zero-order valence-electron chi connectivity index (χ0n) is 8.39. The van der Waals surface area contributed by atoms with Crippen LogP contribution in [0.3, 0.4) is 0 Å². The van der Waals surface area contributed by atoms with Gasteiger partial charge in [0.1, 0.15) is 11.3 Å². The molecule has 0 aliphatic rings. The maximum absolute atomic E-state index is 10.9. The highest BCUT2D eigenvalue weighted by molar-refractivity contribution is 6.04. The standard InChI is InChI=1S/C10H11NO4/c1-6(11-14)7-4-3-5-8(10(12)13)9(7)15-2/h3-5,14H,1-2H3,(H,12,13). The van der Waals surface area contributed by atoms with Crippen molar-refractivity contribution in [3.05, 3.63) is 29.3 Å². The van der Waals surface area contributed by atoms with Crippen LogP contribution in [-0.4, -0.2) is 29.1 Å². The van der Waals surface area contributed by atoms with E-state index in [0.717, 1.165) is 0 Å². The second kappa shape index (κ2) is 4.45. The summed E-state index contributed by atoms with van der Waals surface area (Å²) in [6.45, 7) is 1.56. The van der Waals surface area contributed by atoms with Gasteiger partial charge in [-0.2, -0.15) is 0 Å². The van der Waals surface area contributed by atoms with E-state index in [4.69, 9.17) is 15.1 Å². The molecule has 15 heavy (non-hydrogen) atoms. The van der Waals surface area contributed by atoms with Gasteiger partial charge in [0.05, 0.1) is 12.8 Å². The summed E-state index contributed by atoms with van der Waals surface area (Å²) >= 11 is 0. The van der Waals surface area contributed by atoms with Crippen molar-refractivity contribution in [2.45, 2.75) is 6.92 Å². The van der Waals surface area contributed by atoms with Gasteiger partial charge < -0.3 is 15.1 Å². The molecule has 0 saturated heterocycles. The van der Waals surface area contributed by atoms with Gasteiger partial charge in [-0.1, -0.05) is 11.2 Å². The Bertz CT molecular complexity index is 412. The first-order valence-corrected chi connectivity index (χ1v) is 4.21. The molecule has 0 bridgehead atoms. The first-order valence-electron chi connectivity index (χ1n) is 4.21. The lowest BCUT2D eigenvalue weighted by molar-refractivity contribution is 0.0693. The summed E-state index contributed by atoms with van der Waals surface area (Å²) in [6, 6.07) is 4.62. The number of nitrogens with zero attached hydrogens (tertiary/aromatic N) is 1. The van der Waals surface area contributed by atoms with E-state index in [-0.39, 0.29) is 11.3 Å². The molecule has 0 aliphatic heterocycles. The zero-order chi connectivity index (χ0) is 11.4. The van der Waals surface area contributed by atoms with Crippen molar-refractivity contribution in [2.75, 3.05) is 7.11 Å². The predicted octanol–water partition coefficient (Wildman–Crippen LogP) is 1.59. The number of hydrogen-bond acceptors (Lipinski definition) is 4. The van der Waals surface area contributed by atoms with Crippen molar-refractivity contribution in [1.29, 1.82) is 0 Å². The Morgan fingerprint density at radius 1 is 1.40 bits per heavy atom. The van der Waals surface area contributed by atoms with Crippen LogP contribution in [0.25, 0.3) is 0 Å². The van der Waals surface area contributed by atoms with Gasteiger partial charge in [-0.15, -0.1) is 0 Å². The minimum atomic E-state index is -1.08. The Hall–Kier alpha value is -2.04. The molecular formula is C10H11NO4. The molecule has 0 fully saturated rings. The number of ether oxygens (including phenoxy) is 1. The fourth-order valence-corrected chi connectivity index (χ4v) is 1.26. The quantitative estimate of drug-likeness (QED) is 0.450. The van der Waals surface area contributed by atoms with Gasteiger partial charge in [0, 0.05) is 5.56 Å². The molecule has 0 aromatic heterocycles. The van der Waals surface area contributed by atoms with E-state index in [9.17, 15) is 4.79 Å². The second-order valence-corrected chi connectivity index (χ2v) is 2.88. The molecule has 0 atom stereocenters. The molecule has 1 aromatic rings. The largest absolute Gasteiger partial charge is 0.495 e. The first-order chi connectivity index (χ1) is 7.11. The molecule has 0 unspecified atom stereocenters. The van der Waals surface area contributed by atoms with E-state index in [0.29, 0.717) is 11.3 Å². The topological polar surface area (TPSA) is 79.1 Å². The number of benzene rings is 1. The van der Waals surface area contributed by atoms with E-state index < -0.39 is 5.97 Å². The van der Waals surface area contributed by atoms with E-state index in [1.807, 2.05) is 0 Å². The monoisotopic (exact) mass is 209 g/mol. The number of aromatic carboxylic acids is 1. The van der Waals surface area contributed by atoms with E-state index in [2.05, 4.69) is 5.16 Å².